The van der Waals surface area contributed by atoms with E-state index in [0.717, 1.165) is 12.1 Å². The molecule has 0 spiro atoms. The Kier molecular flexibility index (Phi) is 4.48. The van der Waals surface area contributed by atoms with Crippen LogP contribution in [0.3, 0.4) is 0 Å². The Bertz CT molecular complexity index is 402. The zero-order valence-electron chi connectivity index (χ0n) is 9.52. The number of hydrogen-bond acceptors (Lipinski definition) is 2. The summed E-state index contributed by atoms with van der Waals surface area (Å²) >= 11 is 5.67. The van der Waals surface area contributed by atoms with E-state index < -0.39 is 29.7 Å². The minimum absolute atomic E-state index is 0.175. The molecule has 0 fully saturated rings. The summed E-state index contributed by atoms with van der Waals surface area (Å²) in [6.07, 6.45) is -1.06. The maximum atomic E-state index is 13.1. The van der Waals surface area contributed by atoms with Crippen LogP contribution in [0.1, 0.15) is 25.5 Å². The first-order chi connectivity index (χ1) is 7.82. The molecule has 0 saturated heterocycles. The number of aliphatic carboxylic acids is 1. The minimum atomic E-state index is -1.06. The van der Waals surface area contributed by atoms with Crippen LogP contribution in [0.5, 0.6) is 0 Å². The van der Waals surface area contributed by atoms with Gasteiger partial charge in [-0.3, -0.25) is 4.79 Å². The number of aliphatic hydroxyl groups is 1. The average molecular weight is 261 g/mol. The molecule has 3 unspecified atom stereocenters. The van der Waals surface area contributed by atoms with E-state index >= 15 is 0 Å². The fourth-order valence-corrected chi connectivity index (χ4v) is 1.78. The average Bonchev–Trinajstić information content (AvgIpc) is 2.24. The Morgan fingerprint density at radius 1 is 1.35 bits per heavy atom. The summed E-state index contributed by atoms with van der Waals surface area (Å²) in [7, 11) is 0. The van der Waals surface area contributed by atoms with Crippen LogP contribution in [0.4, 0.5) is 4.39 Å². The normalized spacial score (nSPS) is 16.3. The third-order valence-electron chi connectivity index (χ3n) is 2.90. The van der Waals surface area contributed by atoms with Gasteiger partial charge in [-0.1, -0.05) is 25.4 Å². The Hall–Kier alpha value is -1.13. The van der Waals surface area contributed by atoms with Crippen molar-refractivity contribution in [3.63, 3.8) is 0 Å². The molecule has 1 aromatic rings. The quantitative estimate of drug-likeness (QED) is 0.875. The minimum Gasteiger partial charge on any atom is -0.481 e. The molecule has 5 heteroatoms. The lowest BCUT2D eigenvalue weighted by atomic mass is 9.87. The standard InChI is InChI=1S/C12H14ClFO3/c1-6(7(2)12(16)17)11(15)8-3-9(13)5-10(14)4-8/h3-7,11,15H,1-2H3,(H,16,17). The number of carboxylic acids is 1. The second-order valence-corrected chi connectivity index (χ2v) is 4.57. The molecule has 0 amide bonds. The van der Waals surface area contributed by atoms with Gasteiger partial charge in [0.2, 0.25) is 0 Å². The van der Waals surface area contributed by atoms with Gasteiger partial charge >= 0.3 is 5.97 Å². The zero-order valence-corrected chi connectivity index (χ0v) is 10.3. The van der Waals surface area contributed by atoms with Crippen LogP contribution >= 0.6 is 11.6 Å². The van der Waals surface area contributed by atoms with Gasteiger partial charge in [0.15, 0.2) is 0 Å². The first-order valence-corrected chi connectivity index (χ1v) is 5.57. The van der Waals surface area contributed by atoms with E-state index in [-0.39, 0.29) is 10.6 Å². The van der Waals surface area contributed by atoms with Gasteiger partial charge < -0.3 is 10.2 Å². The van der Waals surface area contributed by atoms with Gasteiger partial charge in [-0.05, 0) is 29.7 Å². The van der Waals surface area contributed by atoms with Crippen molar-refractivity contribution in [3.05, 3.63) is 34.6 Å². The molecule has 0 aromatic heterocycles. The van der Waals surface area contributed by atoms with Crippen LogP contribution in [-0.4, -0.2) is 16.2 Å². The summed E-state index contributed by atoms with van der Waals surface area (Å²) in [5.41, 5.74) is 0.288. The predicted octanol–water partition coefficient (Wildman–Crippen LogP) is 2.87. The second kappa shape index (κ2) is 5.47. The second-order valence-electron chi connectivity index (χ2n) is 4.13. The van der Waals surface area contributed by atoms with Crippen molar-refractivity contribution in [1.82, 2.24) is 0 Å². The third-order valence-corrected chi connectivity index (χ3v) is 3.12. The lowest BCUT2D eigenvalue weighted by molar-refractivity contribution is -0.144. The Morgan fingerprint density at radius 3 is 2.41 bits per heavy atom. The molecular weight excluding hydrogens is 247 g/mol. The van der Waals surface area contributed by atoms with Crippen molar-refractivity contribution in [3.8, 4) is 0 Å². The monoisotopic (exact) mass is 260 g/mol. The number of halogens is 2. The number of hydrogen-bond donors (Lipinski definition) is 2. The summed E-state index contributed by atoms with van der Waals surface area (Å²) < 4.78 is 13.1. The van der Waals surface area contributed by atoms with Gasteiger partial charge in [0.25, 0.3) is 0 Å². The molecule has 1 rings (SSSR count). The molecule has 0 aliphatic carbocycles. The van der Waals surface area contributed by atoms with Crippen molar-refractivity contribution in [1.29, 1.82) is 0 Å². The van der Waals surface area contributed by atoms with Crippen LogP contribution in [0.2, 0.25) is 5.02 Å². The molecule has 3 atom stereocenters. The number of carbonyl (C=O) groups is 1. The topological polar surface area (TPSA) is 57.5 Å². The first kappa shape index (κ1) is 13.9. The van der Waals surface area contributed by atoms with Crippen molar-refractivity contribution in [2.45, 2.75) is 20.0 Å². The highest BCUT2D eigenvalue weighted by Gasteiger charge is 2.27. The van der Waals surface area contributed by atoms with Crippen LogP contribution < -0.4 is 0 Å². The Balaban J connectivity index is 2.95. The van der Waals surface area contributed by atoms with Crippen LogP contribution in [0.25, 0.3) is 0 Å². The van der Waals surface area contributed by atoms with Crippen molar-refractivity contribution in [2.75, 3.05) is 0 Å². The van der Waals surface area contributed by atoms with Crippen LogP contribution in [0.15, 0.2) is 18.2 Å². The van der Waals surface area contributed by atoms with Crippen molar-refractivity contribution < 1.29 is 19.4 Å². The van der Waals surface area contributed by atoms with Gasteiger partial charge in [0, 0.05) is 5.02 Å². The van der Waals surface area contributed by atoms with Crippen LogP contribution in [0, 0.1) is 17.7 Å². The summed E-state index contributed by atoms with van der Waals surface area (Å²) in [5, 5.41) is 19.0. The summed E-state index contributed by atoms with van der Waals surface area (Å²) in [4.78, 5) is 10.8. The zero-order chi connectivity index (χ0) is 13.2. The molecular formula is C12H14ClFO3. The third kappa shape index (κ3) is 3.41. The molecule has 0 saturated carbocycles. The highest BCUT2D eigenvalue weighted by Crippen LogP contribution is 2.30. The molecule has 0 radical (unpaired) electrons. The fraction of sp³-hybridized carbons (Fsp3) is 0.417. The molecule has 0 aliphatic rings. The molecule has 0 aliphatic heterocycles. The van der Waals surface area contributed by atoms with E-state index in [4.69, 9.17) is 16.7 Å². The van der Waals surface area contributed by atoms with Gasteiger partial charge in [-0.25, -0.2) is 4.39 Å². The summed E-state index contributed by atoms with van der Waals surface area (Å²) in [6.45, 7) is 3.10. The number of rotatable bonds is 4. The van der Waals surface area contributed by atoms with E-state index in [2.05, 4.69) is 0 Å². The SMILES string of the molecule is CC(C(=O)O)C(C)C(O)c1cc(F)cc(Cl)c1. The lowest BCUT2D eigenvalue weighted by Crippen LogP contribution is -2.24. The molecule has 3 nitrogen and oxygen atoms in total. The molecule has 0 heterocycles. The predicted molar refractivity (Wildman–Crippen MR) is 62.3 cm³/mol. The highest BCUT2D eigenvalue weighted by molar-refractivity contribution is 6.30. The molecule has 1 aromatic carbocycles. The van der Waals surface area contributed by atoms with Crippen molar-refractivity contribution in [2.24, 2.45) is 11.8 Å². The molecule has 0 bridgehead atoms. The highest BCUT2D eigenvalue weighted by atomic mass is 35.5. The lowest BCUT2D eigenvalue weighted by Gasteiger charge is -2.22. The smallest absolute Gasteiger partial charge is 0.306 e. The maximum Gasteiger partial charge on any atom is 0.306 e. The van der Waals surface area contributed by atoms with E-state index in [1.165, 1.54) is 13.0 Å². The summed E-state index contributed by atoms with van der Waals surface area (Å²) in [6, 6.07) is 3.71. The van der Waals surface area contributed by atoms with Gasteiger partial charge in [0.1, 0.15) is 5.82 Å². The summed E-state index contributed by atoms with van der Waals surface area (Å²) in [5.74, 6) is -2.82. The van der Waals surface area contributed by atoms with Gasteiger partial charge in [-0.2, -0.15) is 0 Å². The Labute approximate surface area is 104 Å². The van der Waals surface area contributed by atoms with E-state index in [0.29, 0.717) is 0 Å². The molecule has 2 N–H and O–H groups in total. The van der Waals surface area contributed by atoms with E-state index in [9.17, 15) is 14.3 Å². The molecule has 17 heavy (non-hydrogen) atoms. The number of aliphatic hydroxyl groups excluding tert-OH is 1. The fourth-order valence-electron chi connectivity index (χ4n) is 1.55. The van der Waals surface area contributed by atoms with Gasteiger partial charge in [0.05, 0.1) is 12.0 Å². The van der Waals surface area contributed by atoms with Crippen LogP contribution in [-0.2, 0) is 4.79 Å². The first-order valence-electron chi connectivity index (χ1n) is 5.19. The maximum absolute atomic E-state index is 13.1. The number of benzene rings is 1. The van der Waals surface area contributed by atoms with E-state index in [1.807, 2.05) is 0 Å². The van der Waals surface area contributed by atoms with Crippen molar-refractivity contribution >= 4 is 17.6 Å². The largest absolute Gasteiger partial charge is 0.481 e. The Morgan fingerprint density at radius 2 is 1.94 bits per heavy atom. The van der Waals surface area contributed by atoms with E-state index in [1.54, 1.807) is 6.92 Å². The van der Waals surface area contributed by atoms with Gasteiger partial charge in [-0.15, -0.1) is 0 Å². The number of carboxylic acid groups (broad SMARTS) is 1. The molecule has 94 valence electrons.